The van der Waals surface area contributed by atoms with Crippen molar-refractivity contribution in [3.8, 4) is 0 Å². The minimum atomic E-state index is 0.648. The van der Waals surface area contributed by atoms with Crippen LogP contribution in [0.3, 0.4) is 0 Å². The van der Waals surface area contributed by atoms with Crippen LogP contribution < -0.4 is 10.6 Å². The summed E-state index contributed by atoms with van der Waals surface area (Å²) in [6, 6.07) is 8.47. The summed E-state index contributed by atoms with van der Waals surface area (Å²) in [7, 11) is 0. The molecule has 1 heterocycles. The van der Waals surface area contributed by atoms with E-state index >= 15 is 0 Å². The number of benzene rings is 1. The number of aryl methyl sites for hydroxylation is 1. The molecule has 0 atom stereocenters. The van der Waals surface area contributed by atoms with Crippen LogP contribution in [0, 0.1) is 6.92 Å². The summed E-state index contributed by atoms with van der Waals surface area (Å²) >= 11 is 5.36. The number of nitrogens with zero attached hydrogens (tertiary/aromatic N) is 3. The second-order valence-corrected chi connectivity index (χ2v) is 6.59. The molecule has 0 saturated carbocycles. The number of nitrogens with one attached hydrogen (secondary N) is 2. The summed E-state index contributed by atoms with van der Waals surface area (Å²) in [4.78, 5) is 2.41. The van der Waals surface area contributed by atoms with E-state index in [4.69, 9.17) is 12.2 Å². The second kappa shape index (κ2) is 10.2. The zero-order valence-corrected chi connectivity index (χ0v) is 16.3. The fourth-order valence-electron chi connectivity index (χ4n) is 2.73. The lowest BCUT2D eigenvalue weighted by atomic mass is 10.1. The maximum Gasteiger partial charge on any atom is 0.170 e. The highest BCUT2D eigenvalue weighted by Crippen LogP contribution is 2.09. The molecular formula is C19H29N5S. The van der Waals surface area contributed by atoms with Crippen molar-refractivity contribution in [1.29, 1.82) is 0 Å². The van der Waals surface area contributed by atoms with Gasteiger partial charge in [0.15, 0.2) is 5.11 Å². The molecule has 136 valence electrons. The maximum absolute atomic E-state index is 5.36. The predicted molar refractivity (Wildman–Crippen MR) is 109 cm³/mol. The van der Waals surface area contributed by atoms with Crippen LogP contribution in [-0.2, 0) is 6.54 Å². The largest absolute Gasteiger partial charge is 0.362 e. The van der Waals surface area contributed by atoms with Crippen LogP contribution >= 0.6 is 12.2 Å². The van der Waals surface area contributed by atoms with E-state index in [2.05, 4.69) is 65.7 Å². The van der Waals surface area contributed by atoms with Gasteiger partial charge >= 0.3 is 0 Å². The van der Waals surface area contributed by atoms with Gasteiger partial charge in [-0.3, -0.25) is 4.68 Å². The van der Waals surface area contributed by atoms with Gasteiger partial charge in [-0.15, -0.1) is 0 Å². The molecule has 2 rings (SSSR count). The molecule has 0 aliphatic rings. The summed E-state index contributed by atoms with van der Waals surface area (Å²) in [5.41, 5.74) is 3.42. The molecule has 0 unspecified atom stereocenters. The van der Waals surface area contributed by atoms with Crippen molar-refractivity contribution < 1.29 is 0 Å². The van der Waals surface area contributed by atoms with Crippen LogP contribution in [0.15, 0.2) is 36.7 Å². The first-order valence-electron chi connectivity index (χ1n) is 8.96. The number of thiocarbonyl (C=S) groups is 1. The van der Waals surface area contributed by atoms with Gasteiger partial charge in [-0.1, -0.05) is 43.7 Å². The number of hydrogen-bond donors (Lipinski definition) is 2. The predicted octanol–water partition coefficient (Wildman–Crippen LogP) is 3.26. The van der Waals surface area contributed by atoms with Gasteiger partial charge in [0.05, 0.1) is 18.4 Å². The van der Waals surface area contributed by atoms with Crippen molar-refractivity contribution in [1.82, 2.24) is 20.0 Å². The number of hydrogen-bond acceptors (Lipinski definition) is 3. The van der Waals surface area contributed by atoms with E-state index in [9.17, 15) is 0 Å². The molecule has 0 aliphatic carbocycles. The standard InChI is InChI=1S/C19H29N5S/c1-4-23(5-2)11-7-10-20-19(25)22-18-13-21-24(15-18)14-17-9-6-8-16(3)12-17/h6,8-9,12-13,15H,4-5,7,10-11,14H2,1-3H3,(H2,20,22,25). The van der Waals surface area contributed by atoms with Gasteiger partial charge in [0.25, 0.3) is 0 Å². The molecule has 0 radical (unpaired) electrons. The molecule has 2 aromatic rings. The van der Waals surface area contributed by atoms with E-state index in [1.54, 1.807) is 6.20 Å². The summed E-state index contributed by atoms with van der Waals surface area (Å²) in [5.74, 6) is 0. The summed E-state index contributed by atoms with van der Waals surface area (Å²) in [5, 5.41) is 11.5. The van der Waals surface area contributed by atoms with Crippen LogP contribution in [0.4, 0.5) is 5.69 Å². The monoisotopic (exact) mass is 359 g/mol. The highest BCUT2D eigenvalue weighted by atomic mass is 32.1. The van der Waals surface area contributed by atoms with Crippen molar-refractivity contribution in [3.63, 3.8) is 0 Å². The maximum atomic E-state index is 5.36. The average Bonchev–Trinajstić information content (AvgIpc) is 3.02. The Bertz CT molecular complexity index is 663. The second-order valence-electron chi connectivity index (χ2n) is 6.18. The molecule has 0 saturated heterocycles. The van der Waals surface area contributed by atoms with E-state index in [-0.39, 0.29) is 0 Å². The quantitative estimate of drug-likeness (QED) is 0.531. The Hall–Kier alpha value is -1.92. The Morgan fingerprint density at radius 2 is 2.08 bits per heavy atom. The molecule has 0 fully saturated rings. The minimum absolute atomic E-state index is 0.648. The van der Waals surface area contributed by atoms with E-state index < -0.39 is 0 Å². The third-order valence-corrected chi connectivity index (χ3v) is 4.40. The Morgan fingerprint density at radius 1 is 1.28 bits per heavy atom. The average molecular weight is 360 g/mol. The number of rotatable bonds is 9. The van der Waals surface area contributed by atoms with Crippen molar-refractivity contribution in [2.24, 2.45) is 0 Å². The van der Waals surface area contributed by atoms with Crippen LogP contribution in [0.5, 0.6) is 0 Å². The minimum Gasteiger partial charge on any atom is -0.362 e. The van der Waals surface area contributed by atoms with Crippen molar-refractivity contribution in [2.45, 2.75) is 33.7 Å². The van der Waals surface area contributed by atoms with E-state index in [0.717, 1.165) is 44.8 Å². The smallest absolute Gasteiger partial charge is 0.170 e. The molecule has 0 spiro atoms. The van der Waals surface area contributed by atoms with Crippen molar-refractivity contribution in [2.75, 3.05) is 31.5 Å². The van der Waals surface area contributed by atoms with E-state index in [0.29, 0.717) is 5.11 Å². The molecule has 5 nitrogen and oxygen atoms in total. The molecule has 2 N–H and O–H groups in total. The van der Waals surface area contributed by atoms with Gasteiger partial charge in [-0.2, -0.15) is 5.10 Å². The van der Waals surface area contributed by atoms with Crippen LogP contribution in [0.1, 0.15) is 31.4 Å². The molecular weight excluding hydrogens is 330 g/mol. The Morgan fingerprint density at radius 3 is 2.80 bits per heavy atom. The van der Waals surface area contributed by atoms with Gasteiger partial charge in [-0.25, -0.2) is 0 Å². The van der Waals surface area contributed by atoms with E-state index in [1.165, 1.54) is 11.1 Å². The topological polar surface area (TPSA) is 45.1 Å². The highest BCUT2D eigenvalue weighted by molar-refractivity contribution is 7.80. The van der Waals surface area contributed by atoms with Gasteiger partial charge in [0.2, 0.25) is 0 Å². The molecule has 1 aromatic carbocycles. The highest BCUT2D eigenvalue weighted by Gasteiger charge is 2.03. The first-order chi connectivity index (χ1) is 12.1. The Balaban J connectivity index is 1.74. The molecule has 25 heavy (non-hydrogen) atoms. The molecule has 0 aliphatic heterocycles. The van der Waals surface area contributed by atoms with Crippen LogP contribution in [0.25, 0.3) is 0 Å². The van der Waals surface area contributed by atoms with Crippen molar-refractivity contribution in [3.05, 3.63) is 47.8 Å². The molecule has 0 bridgehead atoms. The summed E-state index contributed by atoms with van der Waals surface area (Å²) in [6.07, 6.45) is 4.86. The van der Waals surface area contributed by atoms with Gasteiger partial charge in [-0.05, 0) is 50.8 Å². The van der Waals surface area contributed by atoms with Gasteiger partial charge in [0, 0.05) is 12.7 Å². The third-order valence-electron chi connectivity index (χ3n) is 4.15. The summed E-state index contributed by atoms with van der Waals surface area (Å²) < 4.78 is 1.92. The number of anilines is 1. The Kier molecular flexibility index (Phi) is 7.88. The zero-order valence-electron chi connectivity index (χ0n) is 15.5. The lowest BCUT2D eigenvalue weighted by molar-refractivity contribution is 0.300. The van der Waals surface area contributed by atoms with Gasteiger partial charge < -0.3 is 15.5 Å². The van der Waals surface area contributed by atoms with Crippen LogP contribution in [0.2, 0.25) is 0 Å². The van der Waals surface area contributed by atoms with Crippen LogP contribution in [-0.4, -0.2) is 46.0 Å². The Labute approximate surface area is 156 Å². The van der Waals surface area contributed by atoms with Gasteiger partial charge in [0.1, 0.15) is 0 Å². The van der Waals surface area contributed by atoms with E-state index in [1.807, 2.05) is 10.9 Å². The first-order valence-corrected chi connectivity index (χ1v) is 9.36. The lowest BCUT2D eigenvalue weighted by Gasteiger charge is -2.18. The zero-order chi connectivity index (χ0) is 18.1. The summed E-state index contributed by atoms with van der Waals surface area (Å²) in [6.45, 7) is 11.4. The lowest BCUT2D eigenvalue weighted by Crippen LogP contribution is -2.32. The first kappa shape index (κ1) is 19.4. The fourth-order valence-corrected chi connectivity index (χ4v) is 2.95. The fraction of sp³-hybridized carbons (Fsp3) is 0.474. The normalized spacial score (nSPS) is 10.9. The molecule has 0 amide bonds. The third kappa shape index (κ3) is 6.84. The SMILES string of the molecule is CCN(CC)CCCNC(=S)Nc1cnn(Cc2cccc(C)c2)c1. The van der Waals surface area contributed by atoms with Crippen molar-refractivity contribution >= 4 is 23.0 Å². The molecule has 6 heteroatoms. The number of aromatic nitrogens is 2. The molecule has 1 aromatic heterocycles.